The first kappa shape index (κ1) is 21.4. The minimum Gasteiger partial charge on any atom is -0.452 e. The molecular formula is C17H17BrN2O5S2. The molecule has 1 unspecified atom stereocenters. The second-order valence-electron chi connectivity index (χ2n) is 5.43. The maximum absolute atomic E-state index is 12.1. The fourth-order valence-electron chi connectivity index (χ4n) is 1.93. The molecule has 0 heterocycles. The van der Waals surface area contributed by atoms with Crippen molar-refractivity contribution < 1.29 is 22.7 Å². The van der Waals surface area contributed by atoms with Crippen molar-refractivity contribution in [3.05, 3.63) is 53.0 Å². The lowest BCUT2D eigenvalue weighted by atomic mass is 10.3. The van der Waals surface area contributed by atoms with Gasteiger partial charge in [0.05, 0.1) is 10.6 Å². The van der Waals surface area contributed by atoms with Gasteiger partial charge in [-0.25, -0.2) is 13.6 Å². The van der Waals surface area contributed by atoms with Crippen molar-refractivity contribution in [2.45, 2.75) is 22.8 Å². The van der Waals surface area contributed by atoms with Crippen LogP contribution in [0.1, 0.15) is 6.92 Å². The largest absolute Gasteiger partial charge is 0.452 e. The van der Waals surface area contributed by atoms with Crippen molar-refractivity contribution in [3.8, 4) is 0 Å². The summed E-state index contributed by atoms with van der Waals surface area (Å²) in [7, 11) is -3.80. The molecule has 0 spiro atoms. The highest BCUT2D eigenvalue weighted by Gasteiger charge is 2.18. The molecule has 0 aromatic heterocycles. The van der Waals surface area contributed by atoms with E-state index in [1.807, 2.05) is 24.3 Å². The van der Waals surface area contributed by atoms with Gasteiger partial charge in [-0.2, -0.15) is 0 Å². The predicted molar refractivity (Wildman–Crippen MR) is 107 cm³/mol. The van der Waals surface area contributed by atoms with Gasteiger partial charge in [-0.1, -0.05) is 15.9 Å². The van der Waals surface area contributed by atoms with Crippen LogP contribution in [-0.4, -0.2) is 32.2 Å². The van der Waals surface area contributed by atoms with Crippen LogP contribution in [-0.2, 0) is 24.3 Å². The van der Waals surface area contributed by atoms with E-state index < -0.39 is 28.0 Å². The molecule has 10 heteroatoms. The maximum Gasteiger partial charge on any atom is 0.317 e. The molecule has 0 fully saturated rings. The normalized spacial score (nSPS) is 12.3. The van der Waals surface area contributed by atoms with Gasteiger partial charge in [0.2, 0.25) is 10.0 Å². The molecular weight excluding hydrogens is 456 g/mol. The van der Waals surface area contributed by atoms with E-state index in [4.69, 9.17) is 9.88 Å². The number of hydrogen-bond donors (Lipinski definition) is 2. The van der Waals surface area contributed by atoms with Crippen LogP contribution in [0, 0.1) is 0 Å². The number of primary sulfonamides is 1. The Labute approximate surface area is 169 Å². The van der Waals surface area contributed by atoms with E-state index in [2.05, 4.69) is 21.2 Å². The average Bonchev–Trinajstić information content (AvgIpc) is 2.61. The maximum atomic E-state index is 12.1. The Balaban J connectivity index is 1.83. The SMILES string of the molecule is CC(OC(=O)CSc1ccc(Br)cc1)C(=O)Nc1ccc(S(N)(=O)=O)cc1. The third kappa shape index (κ3) is 6.98. The predicted octanol–water partition coefficient (Wildman–Crippen LogP) is 2.76. The first-order chi connectivity index (χ1) is 12.6. The summed E-state index contributed by atoms with van der Waals surface area (Å²) in [5.41, 5.74) is 0.361. The number of ether oxygens (including phenoxy) is 1. The average molecular weight is 473 g/mol. The molecule has 7 nitrogen and oxygen atoms in total. The van der Waals surface area contributed by atoms with Crippen molar-refractivity contribution in [3.63, 3.8) is 0 Å². The number of sulfonamides is 1. The molecule has 2 aromatic carbocycles. The van der Waals surface area contributed by atoms with Crippen molar-refractivity contribution in [2.24, 2.45) is 5.14 Å². The van der Waals surface area contributed by atoms with Crippen molar-refractivity contribution >= 4 is 55.3 Å². The number of thioether (sulfide) groups is 1. The number of nitrogens with one attached hydrogen (secondary N) is 1. The Bertz CT molecular complexity index is 915. The van der Waals surface area contributed by atoms with Crippen LogP contribution in [0.25, 0.3) is 0 Å². The fraction of sp³-hybridized carbons (Fsp3) is 0.176. The summed E-state index contributed by atoms with van der Waals surface area (Å²) >= 11 is 4.64. The molecule has 3 N–H and O–H groups in total. The number of hydrogen-bond acceptors (Lipinski definition) is 6. The molecule has 2 rings (SSSR count). The standard InChI is InChI=1S/C17H17BrN2O5S2/c1-11(25-16(21)10-26-14-6-2-12(18)3-7-14)17(22)20-13-4-8-15(9-5-13)27(19,23)24/h2-9,11H,10H2,1H3,(H,20,22)(H2,19,23,24). The Hall–Kier alpha value is -1.88. The van der Waals surface area contributed by atoms with Gasteiger partial charge in [-0.15, -0.1) is 11.8 Å². The molecule has 0 saturated heterocycles. The number of carbonyl (C=O) groups is 2. The number of halogens is 1. The molecule has 0 radical (unpaired) electrons. The van der Waals surface area contributed by atoms with E-state index >= 15 is 0 Å². The van der Waals surface area contributed by atoms with Gasteiger partial charge >= 0.3 is 5.97 Å². The molecule has 0 aliphatic heterocycles. The zero-order chi connectivity index (χ0) is 20.0. The Kier molecular flexibility index (Phi) is 7.42. The Morgan fingerprint density at radius 1 is 1.15 bits per heavy atom. The highest BCUT2D eigenvalue weighted by Crippen LogP contribution is 2.21. The molecule has 0 saturated carbocycles. The lowest BCUT2D eigenvalue weighted by Crippen LogP contribution is -2.30. The fourth-order valence-corrected chi connectivity index (χ4v) is 3.39. The minimum absolute atomic E-state index is 0.0649. The quantitative estimate of drug-likeness (QED) is 0.472. The third-order valence-corrected chi connectivity index (χ3v) is 5.74. The topological polar surface area (TPSA) is 116 Å². The van der Waals surface area contributed by atoms with E-state index in [0.717, 1.165) is 9.37 Å². The summed E-state index contributed by atoms with van der Waals surface area (Å²) < 4.78 is 28.5. The molecule has 144 valence electrons. The lowest BCUT2D eigenvalue weighted by molar-refractivity contribution is -0.150. The number of rotatable bonds is 7. The first-order valence-electron chi connectivity index (χ1n) is 7.67. The number of carbonyl (C=O) groups excluding carboxylic acids is 2. The minimum atomic E-state index is -3.80. The number of nitrogens with two attached hydrogens (primary N) is 1. The van der Waals surface area contributed by atoms with Gasteiger partial charge in [0.25, 0.3) is 5.91 Å². The van der Waals surface area contributed by atoms with E-state index in [1.165, 1.54) is 43.0 Å². The summed E-state index contributed by atoms with van der Waals surface area (Å²) in [4.78, 5) is 24.8. The van der Waals surface area contributed by atoms with Crippen LogP contribution in [0.15, 0.2) is 62.8 Å². The summed E-state index contributed by atoms with van der Waals surface area (Å²) in [5, 5.41) is 7.55. The van der Waals surface area contributed by atoms with E-state index in [1.54, 1.807) is 0 Å². The molecule has 0 aliphatic rings. The van der Waals surface area contributed by atoms with Crippen LogP contribution >= 0.6 is 27.7 Å². The number of benzene rings is 2. The summed E-state index contributed by atoms with van der Waals surface area (Å²) in [6.45, 7) is 1.45. The van der Waals surface area contributed by atoms with Crippen LogP contribution < -0.4 is 10.5 Å². The van der Waals surface area contributed by atoms with Crippen molar-refractivity contribution in [2.75, 3.05) is 11.1 Å². The smallest absolute Gasteiger partial charge is 0.317 e. The zero-order valence-electron chi connectivity index (χ0n) is 14.2. The molecule has 2 aromatic rings. The van der Waals surface area contributed by atoms with E-state index in [9.17, 15) is 18.0 Å². The van der Waals surface area contributed by atoms with Crippen LogP contribution in [0.5, 0.6) is 0 Å². The van der Waals surface area contributed by atoms with Gasteiger partial charge in [0.15, 0.2) is 6.10 Å². The highest BCUT2D eigenvalue weighted by atomic mass is 79.9. The number of amides is 1. The summed E-state index contributed by atoms with van der Waals surface area (Å²) in [6, 6.07) is 12.8. The van der Waals surface area contributed by atoms with Crippen LogP contribution in [0.3, 0.4) is 0 Å². The van der Waals surface area contributed by atoms with Gasteiger partial charge in [-0.05, 0) is 55.5 Å². The second kappa shape index (κ2) is 9.36. The second-order valence-corrected chi connectivity index (χ2v) is 8.96. The monoisotopic (exact) mass is 472 g/mol. The molecule has 0 bridgehead atoms. The summed E-state index contributed by atoms with van der Waals surface area (Å²) in [6.07, 6.45) is -0.999. The number of anilines is 1. The zero-order valence-corrected chi connectivity index (χ0v) is 17.4. The molecule has 1 atom stereocenters. The van der Waals surface area contributed by atoms with Gasteiger partial charge in [-0.3, -0.25) is 9.59 Å². The third-order valence-electron chi connectivity index (χ3n) is 3.30. The van der Waals surface area contributed by atoms with E-state index in [0.29, 0.717) is 5.69 Å². The van der Waals surface area contributed by atoms with Crippen molar-refractivity contribution in [1.82, 2.24) is 0 Å². The lowest BCUT2D eigenvalue weighted by Gasteiger charge is -2.13. The molecule has 27 heavy (non-hydrogen) atoms. The van der Waals surface area contributed by atoms with Crippen LogP contribution in [0.2, 0.25) is 0 Å². The number of esters is 1. The van der Waals surface area contributed by atoms with Crippen LogP contribution in [0.4, 0.5) is 5.69 Å². The van der Waals surface area contributed by atoms with Gasteiger partial charge in [0, 0.05) is 15.1 Å². The summed E-state index contributed by atoms with van der Waals surface area (Å²) in [5.74, 6) is -0.974. The molecule has 0 aliphatic carbocycles. The first-order valence-corrected chi connectivity index (χ1v) is 11.0. The molecule has 1 amide bonds. The Morgan fingerprint density at radius 2 is 1.74 bits per heavy atom. The highest BCUT2D eigenvalue weighted by molar-refractivity contribution is 9.10. The van der Waals surface area contributed by atoms with Gasteiger partial charge < -0.3 is 10.1 Å². The van der Waals surface area contributed by atoms with Gasteiger partial charge in [0.1, 0.15) is 0 Å². The van der Waals surface area contributed by atoms with Crippen molar-refractivity contribution in [1.29, 1.82) is 0 Å². The Morgan fingerprint density at radius 3 is 2.30 bits per heavy atom. The van der Waals surface area contributed by atoms with E-state index in [-0.39, 0.29) is 10.6 Å².